The molecular weight excluding hydrogens is 330 g/mol. The number of fused-ring (bicyclic) bond motifs is 1. The van der Waals surface area contributed by atoms with E-state index in [2.05, 4.69) is 20.4 Å². The summed E-state index contributed by atoms with van der Waals surface area (Å²) in [6.07, 6.45) is 0. The SMILES string of the molecule is CC(C)(C)C(=O)Nc1nc2nc(-c3ccccc3)cc(=O)n2[nH]1.Cl. The van der Waals surface area contributed by atoms with Crippen molar-refractivity contribution in [3.05, 3.63) is 46.8 Å². The van der Waals surface area contributed by atoms with Gasteiger partial charge in [0.25, 0.3) is 11.3 Å². The van der Waals surface area contributed by atoms with Crippen molar-refractivity contribution in [2.75, 3.05) is 5.32 Å². The number of nitrogens with zero attached hydrogens (tertiary/aromatic N) is 3. The number of hydrogen-bond acceptors (Lipinski definition) is 4. The third-order valence-corrected chi connectivity index (χ3v) is 3.31. The lowest BCUT2D eigenvalue weighted by molar-refractivity contribution is -0.123. The highest BCUT2D eigenvalue weighted by molar-refractivity contribution is 5.93. The molecule has 0 saturated heterocycles. The van der Waals surface area contributed by atoms with Crippen LogP contribution in [-0.2, 0) is 4.79 Å². The van der Waals surface area contributed by atoms with Gasteiger partial charge in [0.2, 0.25) is 11.9 Å². The molecule has 24 heavy (non-hydrogen) atoms. The smallest absolute Gasteiger partial charge is 0.274 e. The van der Waals surface area contributed by atoms with E-state index in [-0.39, 0.29) is 35.6 Å². The number of aromatic nitrogens is 4. The topological polar surface area (TPSA) is 92.2 Å². The van der Waals surface area contributed by atoms with Gasteiger partial charge < -0.3 is 0 Å². The average molecular weight is 348 g/mol. The third kappa shape index (κ3) is 3.46. The first-order chi connectivity index (χ1) is 10.8. The lowest BCUT2D eigenvalue weighted by Gasteiger charge is -2.15. The van der Waals surface area contributed by atoms with Crippen LogP contribution in [0.3, 0.4) is 0 Å². The zero-order valence-electron chi connectivity index (χ0n) is 13.5. The second-order valence-electron chi connectivity index (χ2n) is 6.26. The summed E-state index contributed by atoms with van der Waals surface area (Å²) in [6, 6.07) is 10.8. The van der Waals surface area contributed by atoms with Gasteiger partial charge >= 0.3 is 0 Å². The zero-order chi connectivity index (χ0) is 16.6. The highest BCUT2D eigenvalue weighted by Crippen LogP contribution is 2.17. The number of aromatic amines is 1. The van der Waals surface area contributed by atoms with Gasteiger partial charge in [-0.15, -0.1) is 12.4 Å². The quantitative estimate of drug-likeness (QED) is 0.745. The molecule has 0 aliphatic rings. The normalized spacial score (nSPS) is 11.1. The molecule has 1 aromatic carbocycles. The average Bonchev–Trinajstić information content (AvgIpc) is 2.90. The Kier molecular flexibility index (Phi) is 4.75. The number of carbonyl (C=O) groups excluding carboxylic acids is 1. The van der Waals surface area contributed by atoms with E-state index in [1.54, 1.807) is 20.8 Å². The molecule has 0 saturated carbocycles. The van der Waals surface area contributed by atoms with Crippen LogP contribution in [-0.4, -0.2) is 25.5 Å². The first-order valence-electron chi connectivity index (χ1n) is 7.21. The molecule has 7 nitrogen and oxygen atoms in total. The van der Waals surface area contributed by atoms with Crippen molar-refractivity contribution in [2.24, 2.45) is 5.41 Å². The maximum Gasteiger partial charge on any atom is 0.274 e. The van der Waals surface area contributed by atoms with Crippen LogP contribution in [0.1, 0.15) is 20.8 Å². The Morgan fingerprint density at radius 2 is 1.83 bits per heavy atom. The third-order valence-electron chi connectivity index (χ3n) is 3.31. The van der Waals surface area contributed by atoms with Crippen molar-refractivity contribution in [2.45, 2.75) is 20.8 Å². The number of nitrogens with one attached hydrogen (secondary N) is 2. The molecular formula is C16H18ClN5O2. The summed E-state index contributed by atoms with van der Waals surface area (Å²) >= 11 is 0. The summed E-state index contributed by atoms with van der Waals surface area (Å²) in [5.41, 5.74) is 0.510. The Morgan fingerprint density at radius 1 is 1.17 bits per heavy atom. The molecule has 8 heteroatoms. The number of amides is 1. The highest BCUT2D eigenvalue weighted by Gasteiger charge is 2.22. The molecule has 126 valence electrons. The van der Waals surface area contributed by atoms with Crippen molar-refractivity contribution in [1.29, 1.82) is 0 Å². The van der Waals surface area contributed by atoms with Crippen LogP contribution in [0.25, 0.3) is 17.0 Å². The van der Waals surface area contributed by atoms with Crippen molar-refractivity contribution in [1.82, 2.24) is 19.6 Å². The number of H-pyrrole nitrogens is 1. The Bertz CT molecular complexity index is 925. The minimum absolute atomic E-state index is 0. The predicted molar refractivity (Wildman–Crippen MR) is 94.4 cm³/mol. The van der Waals surface area contributed by atoms with Crippen LogP contribution in [0.2, 0.25) is 0 Å². The largest absolute Gasteiger partial charge is 0.294 e. The van der Waals surface area contributed by atoms with Crippen LogP contribution in [0.15, 0.2) is 41.2 Å². The fourth-order valence-electron chi connectivity index (χ4n) is 1.99. The summed E-state index contributed by atoms with van der Waals surface area (Å²) in [5.74, 6) is 0.202. The van der Waals surface area contributed by atoms with E-state index in [9.17, 15) is 9.59 Å². The fraction of sp³-hybridized carbons (Fsp3) is 0.250. The van der Waals surface area contributed by atoms with E-state index < -0.39 is 5.41 Å². The number of carbonyl (C=O) groups is 1. The molecule has 0 aliphatic carbocycles. The summed E-state index contributed by atoms with van der Waals surface area (Å²) in [7, 11) is 0. The van der Waals surface area contributed by atoms with E-state index in [1.165, 1.54) is 10.6 Å². The molecule has 0 radical (unpaired) electrons. The van der Waals surface area contributed by atoms with Gasteiger partial charge in [-0.1, -0.05) is 51.1 Å². The Labute approximate surface area is 144 Å². The number of halogens is 1. The van der Waals surface area contributed by atoms with Gasteiger partial charge in [-0.25, -0.2) is 4.98 Å². The van der Waals surface area contributed by atoms with Crippen LogP contribution in [0.5, 0.6) is 0 Å². The van der Waals surface area contributed by atoms with Gasteiger partial charge in [0.1, 0.15) is 0 Å². The van der Waals surface area contributed by atoms with Crippen molar-refractivity contribution < 1.29 is 4.79 Å². The minimum atomic E-state index is -0.563. The summed E-state index contributed by atoms with van der Waals surface area (Å²) < 4.78 is 1.20. The number of benzene rings is 1. The van der Waals surface area contributed by atoms with E-state index in [0.29, 0.717) is 5.69 Å². The first kappa shape index (κ1) is 17.7. The minimum Gasteiger partial charge on any atom is -0.294 e. The van der Waals surface area contributed by atoms with Gasteiger partial charge in [-0.2, -0.15) is 9.50 Å². The molecule has 0 bridgehead atoms. The fourth-order valence-corrected chi connectivity index (χ4v) is 1.99. The standard InChI is InChI=1S/C16H17N5O2.ClH/c1-16(2,3)13(23)18-14-19-15-17-11(9-12(22)21(15)20-14)10-7-5-4-6-8-10;/h4-9H,1-3H3,(H2,17,18,19,20,23);1H. The van der Waals surface area contributed by atoms with Gasteiger partial charge in [0, 0.05) is 17.0 Å². The Morgan fingerprint density at radius 3 is 2.46 bits per heavy atom. The summed E-state index contributed by atoms with van der Waals surface area (Å²) in [6.45, 7) is 5.38. The molecule has 2 aromatic heterocycles. The lowest BCUT2D eigenvalue weighted by atomic mass is 9.96. The van der Waals surface area contributed by atoms with E-state index in [0.717, 1.165) is 5.56 Å². The highest BCUT2D eigenvalue weighted by atomic mass is 35.5. The van der Waals surface area contributed by atoms with Gasteiger partial charge in [0.15, 0.2) is 0 Å². The van der Waals surface area contributed by atoms with Crippen LogP contribution < -0.4 is 10.9 Å². The Balaban J connectivity index is 0.00000208. The van der Waals surface area contributed by atoms with Gasteiger partial charge in [-0.3, -0.25) is 20.0 Å². The molecule has 0 atom stereocenters. The van der Waals surface area contributed by atoms with Crippen LogP contribution >= 0.6 is 12.4 Å². The molecule has 3 rings (SSSR count). The molecule has 0 spiro atoms. The van der Waals surface area contributed by atoms with Gasteiger partial charge in [-0.05, 0) is 0 Å². The van der Waals surface area contributed by atoms with Crippen molar-refractivity contribution in [3.63, 3.8) is 0 Å². The maximum atomic E-state index is 12.2. The van der Waals surface area contributed by atoms with Crippen LogP contribution in [0.4, 0.5) is 5.95 Å². The lowest BCUT2D eigenvalue weighted by Crippen LogP contribution is -2.28. The van der Waals surface area contributed by atoms with Crippen molar-refractivity contribution >= 4 is 30.0 Å². The second-order valence-corrected chi connectivity index (χ2v) is 6.26. The number of anilines is 1. The predicted octanol–water partition coefficient (Wildman–Crippen LogP) is 2.49. The second kappa shape index (κ2) is 6.45. The molecule has 3 aromatic rings. The molecule has 0 aliphatic heterocycles. The number of hydrogen-bond donors (Lipinski definition) is 2. The van der Waals surface area contributed by atoms with E-state index in [1.807, 2.05) is 30.3 Å². The molecule has 1 amide bonds. The summed E-state index contributed by atoms with van der Waals surface area (Å²) in [5, 5.41) is 5.40. The summed E-state index contributed by atoms with van der Waals surface area (Å²) in [4.78, 5) is 32.8. The van der Waals surface area contributed by atoms with E-state index >= 15 is 0 Å². The van der Waals surface area contributed by atoms with E-state index in [4.69, 9.17) is 0 Å². The number of rotatable bonds is 2. The molecule has 2 heterocycles. The molecule has 2 N–H and O–H groups in total. The van der Waals surface area contributed by atoms with Crippen LogP contribution in [0, 0.1) is 5.41 Å². The first-order valence-corrected chi connectivity index (χ1v) is 7.21. The molecule has 0 fully saturated rings. The zero-order valence-corrected chi connectivity index (χ0v) is 14.3. The maximum absolute atomic E-state index is 12.2. The molecule has 0 unspecified atom stereocenters. The van der Waals surface area contributed by atoms with Crippen molar-refractivity contribution in [3.8, 4) is 11.3 Å². The Hall–Kier alpha value is -2.67. The monoisotopic (exact) mass is 347 g/mol. The van der Waals surface area contributed by atoms with Gasteiger partial charge in [0.05, 0.1) is 5.69 Å².